The lowest BCUT2D eigenvalue weighted by molar-refractivity contribution is 0.436. The Balaban J connectivity index is 1.76. The molecule has 0 saturated heterocycles. The molecule has 0 amide bonds. The second kappa shape index (κ2) is 4.77. The maximum absolute atomic E-state index is 12.3. The Morgan fingerprint density at radius 3 is 3.05 bits per heavy atom. The lowest BCUT2D eigenvalue weighted by Crippen LogP contribution is -2.30. The van der Waals surface area contributed by atoms with Crippen LogP contribution in [0.4, 0.5) is 0 Å². The molecule has 2 aromatic rings. The molecule has 0 radical (unpaired) electrons. The molecule has 6 heteroatoms. The third-order valence-corrected chi connectivity index (χ3v) is 3.56. The molecule has 1 atom stereocenters. The first kappa shape index (κ1) is 12.3. The van der Waals surface area contributed by atoms with E-state index in [1.165, 1.54) is 12.8 Å². The Labute approximate surface area is 111 Å². The highest BCUT2D eigenvalue weighted by atomic mass is 16.1. The fourth-order valence-electron chi connectivity index (χ4n) is 2.25. The van der Waals surface area contributed by atoms with Crippen LogP contribution in [0, 0.1) is 5.92 Å². The van der Waals surface area contributed by atoms with Gasteiger partial charge in [-0.3, -0.25) is 14.0 Å². The number of hydrogen-bond donors (Lipinski definition) is 1. The molecule has 1 aliphatic carbocycles. The van der Waals surface area contributed by atoms with Gasteiger partial charge in [0, 0.05) is 19.6 Å². The van der Waals surface area contributed by atoms with Gasteiger partial charge < -0.3 is 5.32 Å². The van der Waals surface area contributed by atoms with Crippen molar-refractivity contribution in [3.8, 4) is 0 Å². The van der Waals surface area contributed by atoms with E-state index in [2.05, 4.69) is 22.3 Å². The van der Waals surface area contributed by atoms with E-state index in [9.17, 15) is 4.79 Å². The van der Waals surface area contributed by atoms with Gasteiger partial charge >= 0.3 is 0 Å². The van der Waals surface area contributed by atoms with Crippen LogP contribution in [0.5, 0.6) is 0 Å². The molecule has 0 spiro atoms. The summed E-state index contributed by atoms with van der Waals surface area (Å²) in [6.45, 7) is 3.79. The number of aryl methyl sites for hydroxylation is 1. The van der Waals surface area contributed by atoms with Gasteiger partial charge in [0.25, 0.3) is 5.56 Å². The number of nitrogens with zero attached hydrogens (tertiary/aromatic N) is 4. The number of nitrogens with one attached hydrogen (secondary N) is 1. The molecule has 1 fully saturated rings. The first-order valence-corrected chi connectivity index (χ1v) is 6.75. The normalized spacial score (nSPS) is 16.9. The lowest BCUT2D eigenvalue weighted by Gasteiger charge is -2.13. The predicted octanol–water partition coefficient (Wildman–Crippen LogP) is 0.518. The van der Waals surface area contributed by atoms with Crippen LogP contribution in [0.25, 0.3) is 11.0 Å². The SMILES string of the molecule is CC(CNC1CC1)Cn1cnc2c(cnn2C)c1=O. The van der Waals surface area contributed by atoms with Crippen molar-refractivity contribution in [2.24, 2.45) is 13.0 Å². The first-order valence-electron chi connectivity index (χ1n) is 6.75. The molecule has 6 nitrogen and oxygen atoms in total. The van der Waals surface area contributed by atoms with Crippen LogP contribution in [0.2, 0.25) is 0 Å². The third-order valence-electron chi connectivity index (χ3n) is 3.56. The van der Waals surface area contributed by atoms with Gasteiger partial charge in [0.2, 0.25) is 0 Å². The molecule has 1 N–H and O–H groups in total. The molecule has 19 heavy (non-hydrogen) atoms. The molecule has 1 unspecified atom stereocenters. The third kappa shape index (κ3) is 2.53. The van der Waals surface area contributed by atoms with Gasteiger partial charge in [-0.1, -0.05) is 6.92 Å². The quantitative estimate of drug-likeness (QED) is 0.852. The molecule has 2 heterocycles. The second-order valence-electron chi connectivity index (χ2n) is 5.50. The van der Waals surface area contributed by atoms with Crippen LogP contribution >= 0.6 is 0 Å². The molecule has 0 aromatic carbocycles. The number of rotatable bonds is 5. The Bertz CT molecular complexity index is 640. The molecule has 0 aliphatic heterocycles. The number of hydrogen-bond acceptors (Lipinski definition) is 4. The van der Waals surface area contributed by atoms with Crippen LogP contribution in [-0.4, -0.2) is 31.9 Å². The number of fused-ring (bicyclic) bond motifs is 1. The van der Waals surface area contributed by atoms with Gasteiger partial charge in [0.1, 0.15) is 5.39 Å². The summed E-state index contributed by atoms with van der Waals surface area (Å²) < 4.78 is 3.31. The highest BCUT2D eigenvalue weighted by Gasteiger charge is 2.21. The maximum atomic E-state index is 12.3. The van der Waals surface area contributed by atoms with Gasteiger partial charge in [-0.05, 0) is 25.3 Å². The molecular weight excluding hydrogens is 242 g/mol. The molecular formula is C13H19N5O. The molecule has 0 bridgehead atoms. The fraction of sp³-hybridized carbons (Fsp3) is 0.615. The van der Waals surface area contributed by atoms with Crippen LogP contribution in [0.3, 0.4) is 0 Å². The Hall–Kier alpha value is -1.69. The average molecular weight is 261 g/mol. The maximum Gasteiger partial charge on any atom is 0.264 e. The van der Waals surface area contributed by atoms with E-state index in [1.54, 1.807) is 28.8 Å². The minimum absolute atomic E-state index is 0.00336. The van der Waals surface area contributed by atoms with Gasteiger partial charge in [0.05, 0.1) is 12.5 Å². The summed E-state index contributed by atoms with van der Waals surface area (Å²) in [6, 6.07) is 0.707. The van der Waals surface area contributed by atoms with Gasteiger partial charge in [-0.25, -0.2) is 4.98 Å². The Morgan fingerprint density at radius 2 is 2.32 bits per heavy atom. The Morgan fingerprint density at radius 1 is 1.53 bits per heavy atom. The fourth-order valence-corrected chi connectivity index (χ4v) is 2.25. The monoisotopic (exact) mass is 261 g/mol. The van der Waals surface area contributed by atoms with E-state index < -0.39 is 0 Å². The van der Waals surface area contributed by atoms with Crippen molar-refractivity contribution in [2.45, 2.75) is 32.4 Å². The lowest BCUT2D eigenvalue weighted by atomic mass is 10.2. The van der Waals surface area contributed by atoms with Gasteiger partial charge in [-0.15, -0.1) is 0 Å². The number of aromatic nitrogens is 4. The highest BCUT2D eigenvalue weighted by molar-refractivity contribution is 5.72. The summed E-state index contributed by atoms with van der Waals surface area (Å²) >= 11 is 0. The largest absolute Gasteiger partial charge is 0.314 e. The van der Waals surface area contributed by atoms with Crippen LogP contribution in [-0.2, 0) is 13.6 Å². The average Bonchev–Trinajstić information content (AvgIpc) is 3.14. The summed E-state index contributed by atoms with van der Waals surface area (Å²) in [5.74, 6) is 0.411. The van der Waals surface area contributed by atoms with E-state index in [0.29, 0.717) is 29.5 Å². The zero-order chi connectivity index (χ0) is 13.4. The smallest absolute Gasteiger partial charge is 0.264 e. The topological polar surface area (TPSA) is 64.7 Å². The van der Waals surface area contributed by atoms with Crippen molar-refractivity contribution in [3.05, 3.63) is 22.9 Å². The van der Waals surface area contributed by atoms with E-state index in [-0.39, 0.29) is 5.56 Å². The summed E-state index contributed by atoms with van der Waals surface area (Å²) in [4.78, 5) is 16.6. The van der Waals surface area contributed by atoms with Crippen molar-refractivity contribution in [2.75, 3.05) is 6.54 Å². The molecule has 2 aromatic heterocycles. The van der Waals surface area contributed by atoms with Crippen molar-refractivity contribution < 1.29 is 0 Å². The highest BCUT2D eigenvalue weighted by Crippen LogP contribution is 2.18. The van der Waals surface area contributed by atoms with E-state index in [1.807, 2.05) is 0 Å². The van der Waals surface area contributed by atoms with Crippen molar-refractivity contribution in [3.63, 3.8) is 0 Å². The molecule has 1 aliphatic rings. The summed E-state index contributed by atoms with van der Waals surface area (Å²) in [5, 5.41) is 8.15. The summed E-state index contributed by atoms with van der Waals surface area (Å²) in [6.07, 6.45) is 5.79. The zero-order valence-corrected chi connectivity index (χ0v) is 11.3. The van der Waals surface area contributed by atoms with Gasteiger partial charge in [0.15, 0.2) is 5.65 Å². The second-order valence-corrected chi connectivity index (χ2v) is 5.50. The van der Waals surface area contributed by atoms with Crippen molar-refractivity contribution in [1.29, 1.82) is 0 Å². The summed E-state index contributed by atoms with van der Waals surface area (Å²) in [7, 11) is 1.79. The predicted molar refractivity (Wildman–Crippen MR) is 73.0 cm³/mol. The molecule has 102 valence electrons. The van der Waals surface area contributed by atoms with Gasteiger partial charge in [-0.2, -0.15) is 5.10 Å². The van der Waals surface area contributed by atoms with E-state index >= 15 is 0 Å². The first-order chi connectivity index (χ1) is 9.15. The molecule has 3 rings (SSSR count). The van der Waals surface area contributed by atoms with Crippen LogP contribution in [0.1, 0.15) is 19.8 Å². The van der Waals surface area contributed by atoms with Crippen molar-refractivity contribution in [1.82, 2.24) is 24.6 Å². The van der Waals surface area contributed by atoms with Crippen molar-refractivity contribution >= 4 is 11.0 Å². The van der Waals surface area contributed by atoms with E-state index in [4.69, 9.17) is 0 Å². The minimum atomic E-state index is -0.00336. The Kier molecular flexibility index (Phi) is 3.10. The summed E-state index contributed by atoms with van der Waals surface area (Å²) in [5.41, 5.74) is 0.640. The van der Waals surface area contributed by atoms with Crippen LogP contribution < -0.4 is 10.9 Å². The zero-order valence-electron chi connectivity index (χ0n) is 11.3. The van der Waals surface area contributed by atoms with Crippen LogP contribution in [0.15, 0.2) is 17.3 Å². The van der Waals surface area contributed by atoms with E-state index in [0.717, 1.165) is 6.54 Å². The molecule has 1 saturated carbocycles. The minimum Gasteiger partial charge on any atom is -0.314 e. The standard InChI is InChI=1S/C13H19N5O/c1-9(5-14-10-3-4-10)7-18-8-15-12-11(13(18)19)6-16-17(12)2/h6,8-10,14H,3-5,7H2,1-2H3.